The number of pyridine rings is 1. The Bertz CT molecular complexity index is 688. The molecule has 0 aromatic carbocycles. The number of carbonyl (C=O) groups excluding carboxylic acids is 1. The van der Waals surface area contributed by atoms with E-state index >= 15 is 0 Å². The summed E-state index contributed by atoms with van der Waals surface area (Å²) in [6.07, 6.45) is -3.18. The quantitative estimate of drug-likeness (QED) is 0.903. The second-order valence-corrected chi connectivity index (χ2v) is 5.80. The number of alkyl halides is 3. The van der Waals surface area contributed by atoms with E-state index in [1.54, 1.807) is 12.3 Å². The van der Waals surface area contributed by atoms with Crippen LogP contribution in [0.5, 0.6) is 5.75 Å². The smallest absolute Gasteiger partial charge is 0.422 e. The minimum atomic E-state index is -4.49. The third kappa shape index (κ3) is 4.92. The number of hydrogen-bond donors (Lipinski definition) is 1. The fourth-order valence-electron chi connectivity index (χ4n) is 1.76. The van der Waals surface area contributed by atoms with Gasteiger partial charge in [0.15, 0.2) is 18.1 Å². The van der Waals surface area contributed by atoms with E-state index in [0.29, 0.717) is 5.69 Å². The third-order valence-electron chi connectivity index (χ3n) is 2.81. The summed E-state index contributed by atoms with van der Waals surface area (Å²) in [4.78, 5) is 20.3. The highest BCUT2D eigenvalue weighted by Crippen LogP contribution is 2.22. The minimum Gasteiger partial charge on any atom is -0.482 e. The number of aryl methyl sites for hydroxylation is 1. The number of ether oxygens (including phenoxy) is 1. The van der Waals surface area contributed by atoms with E-state index in [0.717, 1.165) is 5.01 Å². The van der Waals surface area contributed by atoms with Crippen molar-refractivity contribution < 1.29 is 22.7 Å². The summed E-state index contributed by atoms with van der Waals surface area (Å²) in [5, 5.41) is 5.30. The van der Waals surface area contributed by atoms with Crippen molar-refractivity contribution in [3.63, 3.8) is 0 Å². The molecule has 1 amide bonds. The van der Waals surface area contributed by atoms with Crippen LogP contribution in [0.4, 0.5) is 13.2 Å². The molecular weight excluding hydrogens is 331 g/mol. The van der Waals surface area contributed by atoms with Crippen LogP contribution in [-0.4, -0.2) is 28.7 Å². The van der Waals surface area contributed by atoms with Gasteiger partial charge in [0.1, 0.15) is 0 Å². The molecule has 0 aliphatic rings. The molecule has 1 atom stereocenters. The first-order chi connectivity index (χ1) is 10.8. The van der Waals surface area contributed by atoms with E-state index < -0.39 is 24.7 Å². The molecule has 2 aromatic rings. The van der Waals surface area contributed by atoms with Crippen LogP contribution < -0.4 is 10.1 Å². The molecule has 0 bridgehead atoms. The van der Waals surface area contributed by atoms with Gasteiger partial charge in [-0.2, -0.15) is 13.2 Å². The summed E-state index contributed by atoms with van der Waals surface area (Å²) >= 11 is 1.44. The maximum Gasteiger partial charge on any atom is 0.422 e. The summed E-state index contributed by atoms with van der Waals surface area (Å²) in [6, 6.07) is 2.27. The predicted molar refractivity (Wildman–Crippen MR) is 78.5 cm³/mol. The number of amides is 1. The average molecular weight is 345 g/mol. The zero-order chi connectivity index (χ0) is 17.0. The molecule has 0 fully saturated rings. The largest absolute Gasteiger partial charge is 0.482 e. The van der Waals surface area contributed by atoms with E-state index in [9.17, 15) is 18.0 Å². The Labute approximate surface area is 134 Å². The van der Waals surface area contributed by atoms with Gasteiger partial charge in [-0.25, -0.2) is 9.97 Å². The lowest BCUT2D eigenvalue weighted by Gasteiger charge is -2.14. The van der Waals surface area contributed by atoms with E-state index in [4.69, 9.17) is 0 Å². The van der Waals surface area contributed by atoms with Crippen molar-refractivity contribution in [2.24, 2.45) is 0 Å². The summed E-state index contributed by atoms with van der Waals surface area (Å²) in [6.45, 7) is 2.08. The van der Waals surface area contributed by atoms with Crippen LogP contribution in [0.3, 0.4) is 0 Å². The molecule has 0 unspecified atom stereocenters. The Morgan fingerprint density at radius 1 is 1.48 bits per heavy atom. The van der Waals surface area contributed by atoms with Crippen LogP contribution in [-0.2, 0) is 0 Å². The van der Waals surface area contributed by atoms with Crippen molar-refractivity contribution in [2.75, 3.05) is 6.61 Å². The molecule has 0 saturated carbocycles. The molecule has 0 aliphatic carbocycles. The first kappa shape index (κ1) is 17.2. The molecule has 9 heteroatoms. The zero-order valence-electron chi connectivity index (χ0n) is 12.3. The fourth-order valence-corrected chi connectivity index (χ4v) is 2.46. The van der Waals surface area contributed by atoms with Gasteiger partial charge >= 0.3 is 6.18 Å². The zero-order valence-corrected chi connectivity index (χ0v) is 13.2. The maximum atomic E-state index is 12.3. The van der Waals surface area contributed by atoms with Gasteiger partial charge in [-0.05, 0) is 26.0 Å². The first-order valence-corrected chi connectivity index (χ1v) is 7.51. The number of nitrogens with zero attached hydrogens (tertiary/aromatic N) is 2. The number of thiazole rings is 1. The lowest BCUT2D eigenvalue weighted by molar-refractivity contribution is -0.153. The van der Waals surface area contributed by atoms with Gasteiger partial charge in [-0.15, -0.1) is 11.3 Å². The topological polar surface area (TPSA) is 64.1 Å². The van der Waals surface area contributed by atoms with Crippen LogP contribution in [0.25, 0.3) is 0 Å². The Hall–Kier alpha value is -2.16. The minimum absolute atomic E-state index is 0.199. The Morgan fingerprint density at radius 3 is 2.83 bits per heavy atom. The van der Waals surface area contributed by atoms with Crippen LogP contribution in [0.2, 0.25) is 0 Å². The molecule has 2 rings (SSSR count). The number of hydrogen-bond acceptors (Lipinski definition) is 5. The van der Waals surface area contributed by atoms with Gasteiger partial charge in [0.25, 0.3) is 5.91 Å². The van der Waals surface area contributed by atoms with Gasteiger partial charge in [-0.3, -0.25) is 4.79 Å². The number of carbonyl (C=O) groups is 1. The van der Waals surface area contributed by atoms with Crippen molar-refractivity contribution in [1.82, 2.24) is 15.3 Å². The molecule has 0 aliphatic heterocycles. The van der Waals surface area contributed by atoms with Crippen molar-refractivity contribution in [3.8, 4) is 5.75 Å². The second kappa shape index (κ2) is 6.95. The summed E-state index contributed by atoms with van der Waals surface area (Å²) in [5.41, 5.74) is 0.477. The number of halogens is 3. The van der Waals surface area contributed by atoms with Crippen molar-refractivity contribution in [2.45, 2.75) is 26.1 Å². The van der Waals surface area contributed by atoms with Crippen molar-refractivity contribution >= 4 is 17.2 Å². The van der Waals surface area contributed by atoms with Gasteiger partial charge in [-0.1, -0.05) is 0 Å². The fraction of sp³-hybridized carbons (Fsp3) is 0.357. The van der Waals surface area contributed by atoms with Crippen LogP contribution in [0.1, 0.15) is 34.2 Å². The van der Waals surface area contributed by atoms with Crippen LogP contribution in [0, 0.1) is 6.92 Å². The molecular formula is C14H14F3N3O2S. The molecule has 2 heterocycles. The standard InChI is InChI=1S/C14H14F3N3O2S/c1-8(10-6-23-9(2)20-10)19-13(21)12-11(4-3-5-18-12)22-7-14(15,16)17/h3-6,8H,7H2,1-2H3,(H,19,21)/t8-/m1/s1. The average Bonchev–Trinajstić information content (AvgIpc) is 2.91. The molecule has 0 saturated heterocycles. The van der Waals surface area contributed by atoms with Crippen molar-refractivity contribution in [1.29, 1.82) is 0 Å². The number of rotatable bonds is 5. The first-order valence-electron chi connectivity index (χ1n) is 6.63. The second-order valence-electron chi connectivity index (χ2n) is 4.74. The Balaban J connectivity index is 2.10. The maximum absolute atomic E-state index is 12.3. The molecule has 2 aromatic heterocycles. The highest BCUT2D eigenvalue weighted by atomic mass is 32.1. The Kier molecular flexibility index (Phi) is 5.19. The van der Waals surface area contributed by atoms with E-state index in [2.05, 4.69) is 20.0 Å². The molecule has 0 spiro atoms. The molecule has 1 N–H and O–H groups in total. The van der Waals surface area contributed by atoms with Crippen molar-refractivity contribution in [3.05, 3.63) is 40.1 Å². The van der Waals surface area contributed by atoms with Gasteiger partial charge in [0.2, 0.25) is 0 Å². The van der Waals surface area contributed by atoms with E-state index in [1.165, 1.54) is 29.7 Å². The summed E-state index contributed by atoms with van der Waals surface area (Å²) in [7, 11) is 0. The number of nitrogens with one attached hydrogen (secondary N) is 1. The lowest BCUT2D eigenvalue weighted by atomic mass is 10.2. The summed E-state index contributed by atoms with van der Waals surface area (Å²) in [5.74, 6) is -0.843. The monoisotopic (exact) mass is 345 g/mol. The predicted octanol–water partition coefficient (Wildman–Crippen LogP) is 3.28. The normalized spacial score (nSPS) is 12.7. The Morgan fingerprint density at radius 2 is 2.22 bits per heavy atom. The van der Waals surface area contributed by atoms with E-state index in [1.807, 2.05) is 6.92 Å². The molecule has 5 nitrogen and oxygen atoms in total. The van der Waals surface area contributed by atoms with Gasteiger partial charge in [0, 0.05) is 11.6 Å². The lowest BCUT2D eigenvalue weighted by Crippen LogP contribution is -2.29. The highest BCUT2D eigenvalue weighted by Gasteiger charge is 2.29. The van der Waals surface area contributed by atoms with Gasteiger partial charge < -0.3 is 10.1 Å². The molecule has 124 valence electrons. The summed E-state index contributed by atoms with van der Waals surface area (Å²) < 4.78 is 41.4. The van der Waals surface area contributed by atoms with E-state index in [-0.39, 0.29) is 11.4 Å². The van der Waals surface area contributed by atoms with Crippen LogP contribution >= 0.6 is 11.3 Å². The molecule has 0 radical (unpaired) electrons. The van der Waals surface area contributed by atoms with Crippen LogP contribution in [0.15, 0.2) is 23.7 Å². The SMILES string of the molecule is Cc1nc([C@@H](C)NC(=O)c2ncccc2OCC(F)(F)F)cs1. The highest BCUT2D eigenvalue weighted by molar-refractivity contribution is 7.09. The molecule has 23 heavy (non-hydrogen) atoms. The number of aromatic nitrogens is 2. The third-order valence-corrected chi connectivity index (χ3v) is 3.60. The van der Waals surface area contributed by atoms with Gasteiger partial charge in [0.05, 0.1) is 16.7 Å².